The number of aldehydes is 1. The summed E-state index contributed by atoms with van der Waals surface area (Å²) in [6.07, 6.45) is 0.936. The fourth-order valence-electron chi connectivity index (χ4n) is 5.53. The molecule has 0 aliphatic heterocycles. The predicted molar refractivity (Wildman–Crippen MR) is 146 cm³/mol. The summed E-state index contributed by atoms with van der Waals surface area (Å²) in [6.45, 7) is 0. The Kier molecular flexibility index (Phi) is 4.06. The highest BCUT2D eigenvalue weighted by Crippen LogP contribution is 2.36. The van der Waals surface area contributed by atoms with Crippen LogP contribution in [-0.4, -0.2) is 6.29 Å². The zero-order valence-corrected chi connectivity index (χ0v) is 18.5. The average Bonchev–Trinajstić information content (AvgIpc) is 2.91. The lowest BCUT2D eigenvalue weighted by Crippen LogP contribution is -1.87. The lowest BCUT2D eigenvalue weighted by Gasteiger charge is -2.11. The van der Waals surface area contributed by atoms with Gasteiger partial charge in [-0.1, -0.05) is 115 Å². The molecule has 0 aliphatic carbocycles. The van der Waals surface area contributed by atoms with E-state index in [9.17, 15) is 4.79 Å². The molecule has 8 aromatic carbocycles. The number of carbonyl (C=O) groups excluding carboxylic acids is 1. The van der Waals surface area contributed by atoms with Gasteiger partial charge in [-0.15, -0.1) is 0 Å². The van der Waals surface area contributed by atoms with E-state index in [2.05, 4.69) is 97.1 Å². The summed E-state index contributed by atoms with van der Waals surface area (Å²) in [7, 11) is 0. The van der Waals surface area contributed by atoms with E-state index in [1.165, 1.54) is 59.2 Å². The van der Waals surface area contributed by atoms with Crippen LogP contribution in [0.15, 0.2) is 115 Å². The van der Waals surface area contributed by atoms with Gasteiger partial charge in [0.05, 0.1) is 0 Å². The first-order valence-corrected chi connectivity index (χ1v) is 11.6. The Morgan fingerprint density at radius 3 is 1.09 bits per heavy atom. The molecule has 0 saturated carbocycles. The van der Waals surface area contributed by atoms with Gasteiger partial charge in [-0.05, 0) is 64.6 Å². The number of rotatable bonds is 1. The molecular weight excluding hydrogens is 412 g/mol. The van der Waals surface area contributed by atoms with Crippen LogP contribution in [0.3, 0.4) is 0 Å². The molecule has 0 aliphatic rings. The molecule has 158 valence electrons. The normalized spacial score (nSPS) is 11.6. The number of carbonyl (C=O) groups is 1. The Labute approximate surface area is 196 Å². The molecule has 0 bridgehead atoms. The van der Waals surface area contributed by atoms with Crippen LogP contribution in [0.25, 0.3) is 64.6 Å². The standard InChI is InChI=1S/C17H10O.C16H10/c18-10-14-7-6-13-5-4-11-2-1-3-12-8-9-15(14)17(13)16(11)12;1-3-11-7-9-13-5-2-6-14-10-8-12(4-1)15(11)16(13)14/h1-10H;1-10H. The number of hydrogen-bond donors (Lipinski definition) is 0. The third kappa shape index (κ3) is 2.71. The first-order chi connectivity index (χ1) is 16.8. The van der Waals surface area contributed by atoms with Gasteiger partial charge in [0, 0.05) is 5.56 Å². The van der Waals surface area contributed by atoms with E-state index in [4.69, 9.17) is 0 Å². The largest absolute Gasteiger partial charge is 0.298 e. The van der Waals surface area contributed by atoms with Gasteiger partial charge in [0.25, 0.3) is 0 Å². The fraction of sp³-hybridized carbons (Fsp3) is 0. The number of benzene rings is 8. The monoisotopic (exact) mass is 432 g/mol. The predicted octanol–water partition coefficient (Wildman–Crippen LogP) is 8.98. The molecule has 0 heterocycles. The Morgan fingerprint density at radius 1 is 0.353 bits per heavy atom. The van der Waals surface area contributed by atoms with Gasteiger partial charge in [-0.3, -0.25) is 4.79 Å². The summed E-state index contributed by atoms with van der Waals surface area (Å²) in [5, 5.41) is 15.3. The molecule has 1 heteroatoms. The second-order valence-electron chi connectivity index (χ2n) is 8.92. The molecule has 0 amide bonds. The Morgan fingerprint density at radius 2 is 0.676 bits per heavy atom. The van der Waals surface area contributed by atoms with Crippen LogP contribution in [-0.2, 0) is 0 Å². The smallest absolute Gasteiger partial charge is 0.150 e. The topological polar surface area (TPSA) is 17.1 Å². The SMILES string of the molecule is O=Cc1ccc2ccc3cccc4ccc1c2c34.c1cc2ccc3cccc4ccc(c1)c2c34. The highest BCUT2D eigenvalue weighted by atomic mass is 16.1. The van der Waals surface area contributed by atoms with Gasteiger partial charge < -0.3 is 0 Å². The van der Waals surface area contributed by atoms with E-state index in [1.54, 1.807) is 0 Å². The summed E-state index contributed by atoms with van der Waals surface area (Å²) < 4.78 is 0. The van der Waals surface area contributed by atoms with Crippen LogP contribution in [0.2, 0.25) is 0 Å². The minimum Gasteiger partial charge on any atom is -0.298 e. The maximum atomic E-state index is 11.2. The van der Waals surface area contributed by atoms with E-state index in [0.29, 0.717) is 0 Å². The summed E-state index contributed by atoms with van der Waals surface area (Å²) in [5.41, 5.74) is 0.765. The minimum absolute atomic E-state index is 0.765. The molecule has 0 aromatic heterocycles. The van der Waals surface area contributed by atoms with Gasteiger partial charge in [-0.2, -0.15) is 0 Å². The first kappa shape index (κ1) is 19.0. The van der Waals surface area contributed by atoms with Crippen molar-refractivity contribution in [3.8, 4) is 0 Å². The van der Waals surface area contributed by atoms with Crippen molar-refractivity contribution in [2.45, 2.75) is 0 Å². The zero-order valence-electron chi connectivity index (χ0n) is 18.5. The third-order valence-electron chi connectivity index (χ3n) is 7.08. The molecule has 8 rings (SSSR count). The summed E-state index contributed by atoms with van der Waals surface area (Å²) in [5.74, 6) is 0. The molecule has 8 aromatic rings. The van der Waals surface area contributed by atoms with Crippen molar-refractivity contribution in [1.29, 1.82) is 0 Å². The van der Waals surface area contributed by atoms with E-state index in [0.717, 1.165) is 17.2 Å². The summed E-state index contributed by atoms with van der Waals surface area (Å²) >= 11 is 0. The van der Waals surface area contributed by atoms with Gasteiger partial charge >= 0.3 is 0 Å². The highest BCUT2D eigenvalue weighted by Gasteiger charge is 2.10. The highest BCUT2D eigenvalue weighted by molar-refractivity contribution is 6.25. The van der Waals surface area contributed by atoms with Crippen LogP contribution in [0.5, 0.6) is 0 Å². The maximum Gasteiger partial charge on any atom is 0.150 e. The second kappa shape index (κ2) is 7.26. The third-order valence-corrected chi connectivity index (χ3v) is 7.08. The van der Waals surface area contributed by atoms with E-state index < -0.39 is 0 Å². The van der Waals surface area contributed by atoms with E-state index in [-0.39, 0.29) is 0 Å². The quantitative estimate of drug-likeness (QED) is 0.187. The molecule has 0 radical (unpaired) electrons. The lowest BCUT2D eigenvalue weighted by molar-refractivity contribution is 0.112. The maximum absolute atomic E-state index is 11.2. The fourth-order valence-corrected chi connectivity index (χ4v) is 5.53. The van der Waals surface area contributed by atoms with E-state index in [1.807, 2.05) is 18.2 Å². The molecule has 1 nitrogen and oxygen atoms in total. The van der Waals surface area contributed by atoms with Crippen molar-refractivity contribution in [3.05, 3.63) is 121 Å². The van der Waals surface area contributed by atoms with Gasteiger partial charge in [0.2, 0.25) is 0 Å². The Bertz CT molecular complexity index is 1830. The minimum atomic E-state index is 0.765. The Hall–Kier alpha value is -4.49. The van der Waals surface area contributed by atoms with Crippen LogP contribution in [0.4, 0.5) is 0 Å². The van der Waals surface area contributed by atoms with Gasteiger partial charge in [0.1, 0.15) is 0 Å². The van der Waals surface area contributed by atoms with Crippen LogP contribution >= 0.6 is 0 Å². The van der Waals surface area contributed by atoms with Gasteiger partial charge in [0.15, 0.2) is 6.29 Å². The second-order valence-corrected chi connectivity index (χ2v) is 8.92. The molecule has 34 heavy (non-hydrogen) atoms. The zero-order chi connectivity index (χ0) is 22.6. The van der Waals surface area contributed by atoms with Crippen molar-refractivity contribution in [1.82, 2.24) is 0 Å². The summed E-state index contributed by atoms with van der Waals surface area (Å²) in [6, 6.07) is 40.5. The van der Waals surface area contributed by atoms with Crippen molar-refractivity contribution < 1.29 is 4.79 Å². The van der Waals surface area contributed by atoms with Crippen molar-refractivity contribution >= 4 is 70.9 Å². The summed E-state index contributed by atoms with van der Waals surface area (Å²) in [4.78, 5) is 11.2. The van der Waals surface area contributed by atoms with Crippen molar-refractivity contribution in [2.24, 2.45) is 0 Å². The lowest BCUT2D eigenvalue weighted by atomic mass is 9.92. The Balaban J connectivity index is 0.000000118. The van der Waals surface area contributed by atoms with Crippen LogP contribution in [0, 0.1) is 0 Å². The van der Waals surface area contributed by atoms with Gasteiger partial charge in [-0.25, -0.2) is 0 Å². The van der Waals surface area contributed by atoms with Crippen LogP contribution in [0.1, 0.15) is 10.4 Å². The van der Waals surface area contributed by atoms with E-state index >= 15 is 0 Å². The molecule has 0 spiro atoms. The molecule has 0 atom stereocenters. The molecular formula is C33H20O. The van der Waals surface area contributed by atoms with Crippen LogP contribution < -0.4 is 0 Å². The first-order valence-electron chi connectivity index (χ1n) is 11.6. The molecule has 0 saturated heterocycles. The van der Waals surface area contributed by atoms with Crippen molar-refractivity contribution in [3.63, 3.8) is 0 Å². The average molecular weight is 433 g/mol. The number of hydrogen-bond acceptors (Lipinski definition) is 1. The molecule has 0 fully saturated rings. The molecule has 0 N–H and O–H groups in total. The van der Waals surface area contributed by atoms with Crippen molar-refractivity contribution in [2.75, 3.05) is 0 Å². The molecule has 0 unspecified atom stereocenters.